The third-order valence-corrected chi connectivity index (χ3v) is 5.14. The fourth-order valence-electron chi connectivity index (χ4n) is 2.83. The molecule has 4 rings (SSSR count). The lowest BCUT2D eigenvalue weighted by molar-refractivity contribution is 0.0697. The maximum atomic E-state index is 10.9. The number of carboxylic acids is 1. The third-order valence-electron chi connectivity index (χ3n) is 4.24. The Kier molecular flexibility index (Phi) is 5.14. The maximum absolute atomic E-state index is 10.9. The number of aromatic nitrogens is 2. The molecule has 0 amide bonds. The molecular weight excluding hydrogens is 368 g/mol. The first kappa shape index (κ1) is 17.9. The van der Waals surface area contributed by atoms with Crippen LogP contribution in [-0.4, -0.2) is 21.0 Å². The lowest BCUT2D eigenvalue weighted by atomic mass is 10.0. The predicted octanol–water partition coefficient (Wildman–Crippen LogP) is 4.57. The summed E-state index contributed by atoms with van der Waals surface area (Å²) < 4.78 is 0. The number of thiazole rings is 1. The van der Waals surface area contributed by atoms with Crippen molar-refractivity contribution in [3.63, 3.8) is 0 Å². The molecule has 1 N–H and O–H groups in total. The monoisotopic (exact) mass is 384 g/mol. The van der Waals surface area contributed by atoms with E-state index in [-0.39, 0.29) is 5.56 Å². The minimum Gasteiger partial charge on any atom is -0.478 e. The summed E-state index contributed by atoms with van der Waals surface area (Å²) >= 11 is 1.49. The van der Waals surface area contributed by atoms with Gasteiger partial charge in [0.15, 0.2) is 5.01 Å². The van der Waals surface area contributed by atoms with E-state index in [1.807, 2.05) is 42.6 Å². The molecule has 0 aliphatic heterocycles. The molecule has 0 aliphatic carbocycles. The zero-order chi connectivity index (χ0) is 19.3. The quantitative estimate of drug-likeness (QED) is 0.523. The minimum absolute atomic E-state index is 0.288. The Morgan fingerprint density at radius 2 is 1.79 bits per heavy atom. The van der Waals surface area contributed by atoms with Crippen molar-refractivity contribution in [3.05, 3.63) is 94.1 Å². The lowest BCUT2D eigenvalue weighted by Gasteiger charge is -2.02. The highest BCUT2D eigenvalue weighted by Gasteiger charge is 2.06. The molecule has 0 unspecified atom stereocenters. The van der Waals surface area contributed by atoms with Crippen molar-refractivity contribution in [1.82, 2.24) is 9.97 Å². The first-order chi connectivity index (χ1) is 13.7. The van der Waals surface area contributed by atoms with Gasteiger partial charge >= 0.3 is 5.97 Å². The van der Waals surface area contributed by atoms with Gasteiger partial charge in [-0.15, -0.1) is 0 Å². The molecule has 2 aromatic heterocycles. The molecule has 136 valence electrons. The summed E-state index contributed by atoms with van der Waals surface area (Å²) in [5.74, 6) is 5.38. The standard InChI is InChI=1S/C23H16N2O2S/c26-23(27)19-11-9-17(10-12-19)13-18-14-20-22(24-15-18)28-21(25-20)8-4-7-16-5-2-1-3-6-16/h1-3,5-6,9-12,14-15H,7,13H2,(H,26,27). The van der Waals surface area contributed by atoms with Crippen LogP contribution >= 0.6 is 11.3 Å². The normalized spacial score (nSPS) is 10.4. The van der Waals surface area contributed by atoms with Gasteiger partial charge in [0, 0.05) is 12.6 Å². The van der Waals surface area contributed by atoms with Crippen LogP contribution in [0.4, 0.5) is 0 Å². The summed E-state index contributed by atoms with van der Waals surface area (Å²) in [7, 11) is 0. The topological polar surface area (TPSA) is 63.1 Å². The molecule has 0 spiro atoms. The molecule has 0 saturated heterocycles. The highest BCUT2D eigenvalue weighted by molar-refractivity contribution is 7.18. The molecule has 0 saturated carbocycles. The fourth-order valence-corrected chi connectivity index (χ4v) is 3.60. The Bertz CT molecular complexity index is 1190. The second kappa shape index (κ2) is 8.03. The molecule has 0 atom stereocenters. The number of pyridine rings is 1. The van der Waals surface area contributed by atoms with E-state index in [0.29, 0.717) is 12.8 Å². The van der Waals surface area contributed by atoms with Gasteiger partial charge in [0.25, 0.3) is 0 Å². The highest BCUT2D eigenvalue weighted by Crippen LogP contribution is 2.21. The SMILES string of the molecule is O=C(O)c1ccc(Cc2cnc3sc(C#CCc4ccccc4)nc3c2)cc1. The Morgan fingerprint density at radius 1 is 1.00 bits per heavy atom. The number of hydrogen-bond acceptors (Lipinski definition) is 4. The van der Waals surface area contributed by atoms with Crippen LogP contribution in [0.2, 0.25) is 0 Å². The van der Waals surface area contributed by atoms with Gasteiger partial charge < -0.3 is 5.11 Å². The summed E-state index contributed by atoms with van der Waals surface area (Å²) in [6.45, 7) is 0. The number of hydrogen-bond donors (Lipinski definition) is 1. The number of nitrogens with zero attached hydrogens (tertiary/aromatic N) is 2. The molecule has 0 aliphatic rings. The molecule has 2 aromatic carbocycles. The van der Waals surface area contributed by atoms with Crippen molar-refractivity contribution in [3.8, 4) is 11.8 Å². The lowest BCUT2D eigenvalue weighted by Crippen LogP contribution is -1.96. The average Bonchev–Trinajstić information content (AvgIpc) is 3.11. The predicted molar refractivity (Wildman–Crippen MR) is 111 cm³/mol. The van der Waals surface area contributed by atoms with E-state index in [1.165, 1.54) is 16.9 Å². The van der Waals surface area contributed by atoms with Crippen molar-refractivity contribution in [2.75, 3.05) is 0 Å². The van der Waals surface area contributed by atoms with Crippen molar-refractivity contribution in [2.24, 2.45) is 0 Å². The van der Waals surface area contributed by atoms with Gasteiger partial charge in [0.1, 0.15) is 10.3 Å². The van der Waals surface area contributed by atoms with E-state index in [0.717, 1.165) is 26.5 Å². The number of rotatable bonds is 4. The van der Waals surface area contributed by atoms with Gasteiger partial charge in [0.05, 0.1) is 5.56 Å². The van der Waals surface area contributed by atoms with Crippen LogP contribution < -0.4 is 0 Å². The summed E-state index contributed by atoms with van der Waals surface area (Å²) in [4.78, 5) is 20.9. The molecule has 4 nitrogen and oxygen atoms in total. The van der Waals surface area contributed by atoms with E-state index in [2.05, 4.69) is 33.9 Å². The van der Waals surface area contributed by atoms with Gasteiger partial charge in [-0.1, -0.05) is 59.7 Å². The third kappa shape index (κ3) is 4.25. The zero-order valence-electron chi connectivity index (χ0n) is 14.9. The van der Waals surface area contributed by atoms with Crippen LogP contribution in [0.15, 0.2) is 66.9 Å². The number of aromatic carboxylic acids is 1. The molecule has 0 radical (unpaired) electrons. The van der Waals surface area contributed by atoms with Crippen molar-refractivity contribution >= 4 is 27.7 Å². The van der Waals surface area contributed by atoms with Gasteiger partial charge in [0.2, 0.25) is 0 Å². The Balaban J connectivity index is 1.49. The Hall–Kier alpha value is -3.49. The molecular formula is C23H16N2O2S. The van der Waals surface area contributed by atoms with E-state index in [9.17, 15) is 4.79 Å². The number of benzene rings is 2. The molecule has 0 bridgehead atoms. The van der Waals surface area contributed by atoms with Crippen LogP contribution in [0.5, 0.6) is 0 Å². The second-order valence-corrected chi connectivity index (χ2v) is 7.31. The first-order valence-corrected chi connectivity index (χ1v) is 9.59. The van der Waals surface area contributed by atoms with Crippen LogP contribution in [0.1, 0.15) is 32.1 Å². The maximum Gasteiger partial charge on any atom is 0.335 e. The summed E-state index contributed by atoms with van der Waals surface area (Å²) in [5, 5.41) is 9.75. The minimum atomic E-state index is -0.919. The second-order valence-electron chi connectivity index (χ2n) is 6.33. The molecule has 5 heteroatoms. The zero-order valence-corrected chi connectivity index (χ0v) is 15.7. The van der Waals surface area contributed by atoms with E-state index in [4.69, 9.17) is 5.11 Å². The van der Waals surface area contributed by atoms with E-state index < -0.39 is 5.97 Å². The average molecular weight is 384 g/mol. The molecule has 0 fully saturated rings. The van der Waals surface area contributed by atoms with Crippen molar-refractivity contribution in [2.45, 2.75) is 12.8 Å². The summed E-state index contributed by atoms with van der Waals surface area (Å²) in [6, 6.07) is 19.0. The van der Waals surface area contributed by atoms with Crippen LogP contribution in [0, 0.1) is 11.8 Å². The van der Waals surface area contributed by atoms with Gasteiger partial charge in [-0.3, -0.25) is 0 Å². The summed E-state index contributed by atoms with van der Waals surface area (Å²) in [5.41, 5.74) is 4.38. The van der Waals surface area contributed by atoms with E-state index >= 15 is 0 Å². The Labute approximate surface area is 166 Å². The van der Waals surface area contributed by atoms with Gasteiger partial charge in [-0.05, 0) is 47.2 Å². The van der Waals surface area contributed by atoms with Gasteiger partial charge in [-0.2, -0.15) is 0 Å². The van der Waals surface area contributed by atoms with Crippen LogP contribution in [0.3, 0.4) is 0 Å². The number of carbonyl (C=O) groups is 1. The highest BCUT2D eigenvalue weighted by atomic mass is 32.1. The smallest absolute Gasteiger partial charge is 0.335 e. The van der Waals surface area contributed by atoms with E-state index in [1.54, 1.807) is 12.1 Å². The van der Waals surface area contributed by atoms with Crippen LogP contribution in [0.25, 0.3) is 10.3 Å². The largest absolute Gasteiger partial charge is 0.478 e. The fraction of sp³-hybridized carbons (Fsp3) is 0.0870. The number of carboxylic acid groups (broad SMARTS) is 1. The summed E-state index contributed by atoms with van der Waals surface area (Å²) in [6.07, 6.45) is 3.21. The van der Waals surface area contributed by atoms with Gasteiger partial charge in [-0.25, -0.2) is 14.8 Å². The van der Waals surface area contributed by atoms with Crippen LogP contribution in [-0.2, 0) is 12.8 Å². The first-order valence-electron chi connectivity index (χ1n) is 8.78. The van der Waals surface area contributed by atoms with Crippen molar-refractivity contribution in [1.29, 1.82) is 0 Å². The number of fused-ring (bicyclic) bond motifs is 1. The molecule has 2 heterocycles. The molecule has 28 heavy (non-hydrogen) atoms. The Morgan fingerprint density at radius 3 is 2.54 bits per heavy atom. The molecule has 4 aromatic rings. The van der Waals surface area contributed by atoms with Crippen molar-refractivity contribution < 1.29 is 9.90 Å².